The van der Waals surface area contributed by atoms with E-state index in [1.165, 1.54) is 16.2 Å². The molecular formula is C39H24N2O2. The summed E-state index contributed by atoms with van der Waals surface area (Å²) in [6, 6.07) is 50.3. The van der Waals surface area contributed by atoms with Crippen molar-refractivity contribution in [2.75, 3.05) is 4.90 Å². The Balaban J connectivity index is 1.13. The highest BCUT2D eigenvalue weighted by Crippen LogP contribution is 2.39. The van der Waals surface area contributed by atoms with Gasteiger partial charge in [-0.25, -0.2) is 4.98 Å². The number of oxazole rings is 1. The third-order valence-electron chi connectivity index (χ3n) is 8.28. The Morgan fingerprint density at radius 3 is 2.00 bits per heavy atom. The van der Waals surface area contributed by atoms with Crippen molar-refractivity contribution in [3.63, 3.8) is 0 Å². The molecule has 9 rings (SSSR count). The standard InChI is InChI=1S/C39H24N2O2/c1-2-9-27(10-3-1)41(29-19-21-33-32-12-6-7-13-36(32)42-37(33)24-29)28-17-14-26(15-18-28)39-40-35-23-22-31-30-11-5-4-8-25(30)16-20-34(31)38(35)43-39/h1-24H. The Labute approximate surface area is 247 Å². The molecule has 0 bridgehead atoms. The van der Waals surface area contributed by atoms with Crippen LogP contribution in [0.5, 0.6) is 0 Å². The smallest absolute Gasteiger partial charge is 0.227 e. The highest BCUT2D eigenvalue weighted by Gasteiger charge is 2.17. The summed E-state index contributed by atoms with van der Waals surface area (Å²) >= 11 is 0. The average molecular weight is 553 g/mol. The molecule has 4 nitrogen and oxygen atoms in total. The molecule has 0 amide bonds. The molecule has 2 heterocycles. The predicted octanol–water partition coefficient (Wildman–Crippen LogP) is 11.2. The van der Waals surface area contributed by atoms with E-state index in [9.17, 15) is 0 Å². The van der Waals surface area contributed by atoms with Gasteiger partial charge >= 0.3 is 0 Å². The summed E-state index contributed by atoms with van der Waals surface area (Å²) in [5, 5.41) is 6.91. The van der Waals surface area contributed by atoms with Gasteiger partial charge in [0.2, 0.25) is 5.89 Å². The lowest BCUT2D eigenvalue weighted by Crippen LogP contribution is -2.09. The van der Waals surface area contributed by atoms with Crippen molar-refractivity contribution >= 4 is 71.6 Å². The summed E-state index contributed by atoms with van der Waals surface area (Å²) in [6.45, 7) is 0. The zero-order chi connectivity index (χ0) is 28.3. The van der Waals surface area contributed by atoms with E-state index in [2.05, 4.69) is 126 Å². The van der Waals surface area contributed by atoms with E-state index in [0.717, 1.165) is 61.1 Å². The Morgan fingerprint density at radius 1 is 0.442 bits per heavy atom. The molecule has 0 saturated heterocycles. The number of nitrogens with zero attached hydrogens (tertiary/aromatic N) is 2. The van der Waals surface area contributed by atoms with Crippen LogP contribution in [0.15, 0.2) is 154 Å². The third-order valence-corrected chi connectivity index (χ3v) is 8.28. The third kappa shape index (κ3) is 3.81. The van der Waals surface area contributed by atoms with Crippen LogP contribution in [-0.4, -0.2) is 4.98 Å². The van der Waals surface area contributed by atoms with Crippen molar-refractivity contribution in [3.8, 4) is 11.5 Å². The number of anilines is 3. The maximum atomic E-state index is 6.43. The fourth-order valence-electron chi connectivity index (χ4n) is 6.23. The SMILES string of the molecule is c1ccc(N(c2ccc(-c3nc4ccc5c6ccccc6ccc5c4o3)cc2)c2ccc3c(c2)oc2ccccc23)cc1. The van der Waals surface area contributed by atoms with Crippen molar-refractivity contribution in [2.45, 2.75) is 0 Å². The van der Waals surface area contributed by atoms with Crippen molar-refractivity contribution in [1.29, 1.82) is 0 Å². The van der Waals surface area contributed by atoms with Gasteiger partial charge in [-0.1, -0.05) is 72.8 Å². The molecule has 4 heteroatoms. The number of rotatable bonds is 4. The zero-order valence-corrected chi connectivity index (χ0v) is 23.1. The fraction of sp³-hybridized carbons (Fsp3) is 0. The summed E-state index contributed by atoms with van der Waals surface area (Å²) in [6.07, 6.45) is 0. The molecule has 2 aromatic heterocycles. The molecule has 0 saturated carbocycles. The van der Waals surface area contributed by atoms with Gasteiger partial charge in [0.15, 0.2) is 5.58 Å². The van der Waals surface area contributed by atoms with Crippen LogP contribution < -0.4 is 4.90 Å². The van der Waals surface area contributed by atoms with Crippen LogP contribution in [0.3, 0.4) is 0 Å². The molecule has 9 aromatic rings. The van der Waals surface area contributed by atoms with E-state index in [1.807, 2.05) is 24.3 Å². The molecule has 7 aromatic carbocycles. The molecule has 0 radical (unpaired) electrons. The van der Waals surface area contributed by atoms with Crippen molar-refractivity contribution in [1.82, 2.24) is 4.98 Å². The first-order valence-corrected chi connectivity index (χ1v) is 14.4. The van der Waals surface area contributed by atoms with Gasteiger partial charge in [-0.15, -0.1) is 0 Å². The Bertz CT molecular complexity index is 2450. The molecule has 202 valence electrons. The molecule has 0 aliphatic carbocycles. The summed E-state index contributed by atoms with van der Waals surface area (Å²) in [5.41, 5.74) is 7.46. The van der Waals surface area contributed by atoms with E-state index >= 15 is 0 Å². The first kappa shape index (κ1) is 23.8. The highest BCUT2D eigenvalue weighted by atomic mass is 16.3. The van der Waals surface area contributed by atoms with Gasteiger partial charge in [0, 0.05) is 44.9 Å². The van der Waals surface area contributed by atoms with E-state index in [4.69, 9.17) is 13.8 Å². The molecule has 0 fully saturated rings. The first-order chi connectivity index (χ1) is 21.3. The molecular weight excluding hydrogens is 528 g/mol. The maximum absolute atomic E-state index is 6.43. The second-order valence-corrected chi connectivity index (χ2v) is 10.8. The molecule has 0 N–H and O–H groups in total. The lowest BCUT2D eigenvalue weighted by molar-refractivity contribution is 0.623. The normalized spacial score (nSPS) is 11.7. The minimum Gasteiger partial charge on any atom is -0.456 e. The number of hydrogen-bond acceptors (Lipinski definition) is 4. The quantitative estimate of drug-likeness (QED) is 0.204. The zero-order valence-electron chi connectivity index (χ0n) is 23.1. The van der Waals surface area contributed by atoms with E-state index in [0.29, 0.717) is 5.89 Å². The van der Waals surface area contributed by atoms with Crippen LogP contribution in [-0.2, 0) is 0 Å². The van der Waals surface area contributed by atoms with Crippen LogP contribution >= 0.6 is 0 Å². The maximum Gasteiger partial charge on any atom is 0.227 e. The summed E-state index contributed by atoms with van der Waals surface area (Å²) in [5.74, 6) is 0.608. The average Bonchev–Trinajstić information content (AvgIpc) is 3.67. The summed E-state index contributed by atoms with van der Waals surface area (Å²) < 4.78 is 12.7. The largest absolute Gasteiger partial charge is 0.456 e. The fourth-order valence-corrected chi connectivity index (χ4v) is 6.23. The first-order valence-electron chi connectivity index (χ1n) is 14.4. The van der Waals surface area contributed by atoms with Gasteiger partial charge in [0.05, 0.1) is 0 Å². The van der Waals surface area contributed by atoms with E-state index < -0.39 is 0 Å². The van der Waals surface area contributed by atoms with Crippen LogP contribution in [0.1, 0.15) is 0 Å². The minimum atomic E-state index is 0.608. The molecule has 0 unspecified atom stereocenters. The van der Waals surface area contributed by atoms with Gasteiger partial charge in [-0.2, -0.15) is 0 Å². The van der Waals surface area contributed by atoms with Gasteiger partial charge in [-0.3, -0.25) is 0 Å². The van der Waals surface area contributed by atoms with Gasteiger partial charge < -0.3 is 13.7 Å². The molecule has 0 atom stereocenters. The highest BCUT2D eigenvalue weighted by molar-refractivity contribution is 6.15. The number of benzene rings is 7. The number of fused-ring (bicyclic) bond motifs is 8. The lowest BCUT2D eigenvalue weighted by atomic mass is 10.0. The Hall–Kier alpha value is -5.87. The molecule has 0 aliphatic rings. The number of hydrogen-bond donors (Lipinski definition) is 0. The monoisotopic (exact) mass is 552 g/mol. The van der Waals surface area contributed by atoms with Crippen LogP contribution in [0.4, 0.5) is 17.1 Å². The van der Waals surface area contributed by atoms with Crippen LogP contribution in [0, 0.1) is 0 Å². The van der Waals surface area contributed by atoms with Gasteiger partial charge in [0.1, 0.15) is 16.7 Å². The lowest BCUT2D eigenvalue weighted by Gasteiger charge is -2.25. The molecule has 43 heavy (non-hydrogen) atoms. The van der Waals surface area contributed by atoms with E-state index in [1.54, 1.807) is 0 Å². The second-order valence-electron chi connectivity index (χ2n) is 10.8. The number of aromatic nitrogens is 1. The van der Waals surface area contributed by atoms with Crippen molar-refractivity contribution in [3.05, 3.63) is 146 Å². The van der Waals surface area contributed by atoms with E-state index in [-0.39, 0.29) is 0 Å². The topological polar surface area (TPSA) is 42.4 Å². The Kier molecular flexibility index (Phi) is 5.16. The predicted molar refractivity (Wildman–Crippen MR) is 176 cm³/mol. The van der Waals surface area contributed by atoms with Gasteiger partial charge in [-0.05, 0) is 82.9 Å². The Morgan fingerprint density at radius 2 is 1.12 bits per heavy atom. The minimum absolute atomic E-state index is 0.608. The second kappa shape index (κ2) is 9.33. The molecule has 0 aliphatic heterocycles. The van der Waals surface area contributed by atoms with Crippen LogP contribution in [0.2, 0.25) is 0 Å². The summed E-state index contributed by atoms with van der Waals surface area (Å²) in [7, 11) is 0. The van der Waals surface area contributed by atoms with Crippen LogP contribution in [0.25, 0.3) is 66.0 Å². The van der Waals surface area contributed by atoms with Crippen molar-refractivity contribution in [2.24, 2.45) is 0 Å². The van der Waals surface area contributed by atoms with Gasteiger partial charge in [0.25, 0.3) is 0 Å². The number of furan rings is 1. The summed E-state index contributed by atoms with van der Waals surface area (Å²) in [4.78, 5) is 7.10. The number of para-hydroxylation sites is 2. The molecule has 0 spiro atoms. The van der Waals surface area contributed by atoms with Crippen molar-refractivity contribution < 1.29 is 8.83 Å².